The van der Waals surface area contributed by atoms with Crippen LogP contribution >= 0.6 is 0 Å². The second kappa shape index (κ2) is 5.13. The SMILES string of the molecule is NC(=O)CN(CC(N)=O)C(=O)CC1(N)CCC1. The number of nitrogens with zero attached hydrogens (tertiary/aromatic N) is 1. The van der Waals surface area contributed by atoms with Crippen LogP contribution in [0.15, 0.2) is 0 Å². The van der Waals surface area contributed by atoms with Gasteiger partial charge in [-0.05, 0) is 19.3 Å². The van der Waals surface area contributed by atoms with Gasteiger partial charge in [-0.25, -0.2) is 0 Å². The van der Waals surface area contributed by atoms with E-state index >= 15 is 0 Å². The van der Waals surface area contributed by atoms with Crippen LogP contribution in [0.25, 0.3) is 0 Å². The zero-order valence-electron chi connectivity index (χ0n) is 9.65. The first-order valence-corrected chi connectivity index (χ1v) is 5.46. The van der Waals surface area contributed by atoms with Gasteiger partial charge in [0.1, 0.15) is 0 Å². The largest absolute Gasteiger partial charge is 0.368 e. The van der Waals surface area contributed by atoms with E-state index in [9.17, 15) is 14.4 Å². The molecule has 1 aliphatic carbocycles. The van der Waals surface area contributed by atoms with Crippen molar-refractivity contribution >= 4 is 17.7 Å². The van der Waals surface area contributed by atoms with Crippen LogP contribution in [-0.2, 0) is 14.4 Å². The second-order valence-electron chi connectivity index (χ2n) is 4.58. The minimum Gasteiger partial charge on any atom is -0.368 e. The molecule has 1 aliphatic rings. The average molecular weight is 242 g/mol. The molecule has 0 unspecified atom stereocenters. The zero-order chi connectivity index (χ0) is 13.1. The number of primary amides is 2. The van der Waals surface area contributed by atoms with E-state index in [0.29, 0.717) is 0 Å². The van der Waals surface area contributed by atoms with Crippen molar-refractivity contribution in [2.24, 2.45) is 17.2 Å². The predicted molar refractivity (Wildman–Crippen MR) is 60.4 cm³/mol. The quantitative estimate of drug-likeness (QED) is 0.499. The summed E-state index contributed by atoms with van der Waals surface area (Å²) in [5, 5.41) is 0. The predicted octanol–water partition coefficient (Wildman–Crippen LogP) is -1.94. The Labute approximate surface area is 99.3 Å². The summed E-state index contributed by atoms with van der Waals surface area (Å²) < 4.78 is 0. The van der Waals surface area contributed by atoms with Gasteiger partial charge in [0, 0.05) is 12.0 Å². The average Bonchev–Trinajstić information content (AvgIpc) is 2.12. The fourth-order valence-corrected chi connectivity index (χ4v) is 1.83. The Balaban J connectivity index is 2.58. The Bertz CT molecular complexity index is 322. The maximum atomic E-state index is 11.9. The summed E-state index contributed by atoms with van der Waals surface area (Å²) in [6, 6.07) is 0. The third-order valence-electron chi connectivity index (χ3n) is 2.90. The molecule has 0 radical (unpaired) electrons. The third-order valence-corrected chi connectivity index (χ3v) is 2.90. The molecule has 0 aromatic heterocycles. The molecular formula is C10H18N4O3. The van der Waals surface area contributed by atoms with Gasteiger partial charge in [-0.1, -0.05) is 0 Å². The summed E-state index contributed by atoms with van der Waals surface area (Å²) in [6.07, 6.45) is 2.67. The van der Waals surface area contributed by atoms with E-state index in [4.69, 9.17) is 17.2 Å². The topological polar surface area (TPSA) is 133 Å². The monoisotopic (exact) mass is 242 g/mol. The minimum absolute atomic E-state index is 0.119. The van der Waals surface area contributed by atoms with E-state index in [-0.39, 0.29) is 25.4 Å². The van der Waals surface area contributed by atoms with Crippen LogP contribution in [0.1, 0.15) is 25.7 Å². The molecule has 96 valence electrons. The lowest BCUT2D eigenvalue weighted by atomic mass is 9.75. The molecular weight excluding hydrogens is 224 g/mol. The fourth-order valence-electron chi connectivity index (χ4n) is 1.83. The van der Waals surface area contributed by atoms with Gasteiger partial charge in [0.15, 0.2) is 0 Å². The first kappa shape index (κ1) is 13.4. The Kier molecular flexibility index (Phi) is 4.06. The number of carbonyl (C=O) groups excluding carboxylic acids is 3. The van der Waals surface area contributed by atoms with Gasteiger partial charge in [0.25, 0.3) is 0 Å². The van der Waals surface area contributed by atoms with Crippen molar-refractivity contribution in [3.63, 3.8) is 0 Å². The summed E-state index contributed by atoms with van der Waals surface area (Å²) >= 11 is 0. The number of amides is 3. The van der Waals surface area contributed by atoms with Crippen molar-refractivity contribution in [2.45, 2.75) is 31.2 Å². The van der Waals surface area contributed by atoms with Crippen molar-refractivity contribution < 1.29 is 14.4 Å². The van der Waals surface area contributed by atoms with Crippen LogP contribution in [0.3, 0.4) is 0 Å². The molecule has 0 bridgehead atoms. The van der Waals surface area contributed by atoms with E-state index < -0.39 is 17.4 Å². The number of carbonyl (C=O) groups is 3. The van der Waals surface area contributed by atoms with Gasteiger partial charge < -0.3 is 22.1 Å². The highest BCUT2D eigenvalue weighted by molar-refractivity contribution is 5.88. The van der Waals surface area contributed by atoms with E-state index in [0.717, 1.165) is 24.2 Å². The Morgan fingerprint density at radius 1 is 1.06 bits per heavy atom. The maximum Gasteiger partial charge on any atom is 0.237 e. The highest BCUT2D eigenvalue weighted by Crippen LogP contribution is 2.32. The molecule has 1 saturated carbocycles. The van der Waals surface area contributed by atoms with Crippen LogP contribution in [0.2, 0.25) is 0 Å². The Morgan fingerprint density at radius 3 is 1.82 bits per heavy atom. The van der Waals surface area contributed by atoms with Crippen molar-refractivity contribution in [1.29, 1.82) is 0 Å². The van der Waals surface area contributed by atoms with Crippen LogP contribution in [0, 0.1) is 0 Å². The highest BCUT2D eigenvalue weighted by atomic mass is 16.2. The van der Waals surface area contributed by atoms with Gasteiger partial charge >= 0.3 is 0 Å². The molecule has 0 atom stereocenters. The minimum atomic E-state index is -0.681. The van der Waals surface area contributed by atoms with E-state index in [1.54, 1.807) is 0 Å². The van der Waals surface area contributed by atoms with Gasteiger partial charge in [-0.15, -0.1) is 0 Å². The molecule has 0 aliphatic heterocycles. The first-order valence-electron chi connectivity index (χ1n) is 5.46. The molecule has 1 fully saturated rings. The molecule has 0 spiro atoms. The highest BCUT2D eigenvalue weighted by Gasteiger charge is 2.36. The molecule has 1 rings (SSSR count). The van der Waals surface area contributed by atoms with Crippen molar-refractivity contribution in [1.82, 2.24) is 4.90 Å². The third kappa shape index (κ3) is 4.03. The van der Waals surface area contributed by atoms with Crippen LogP contribution in [-0.4, -0.2) is 41.2 Å². The van der Waals surface area contributed by atoms with E-state index in [1.165, 1.54) is 0 Å². The van der Waals surface area contributed by atoms with Gasteiger partial charge in [-0.3, -0.25) is 14.4 Å². The van der Waals surface area contributed by atoms with Crippen LogP contribution in [0.5, 0.6) is 0 Å². The summed E-state index contributed by atoms with van der Waals surface area (Å²) in [6.45, 7) is -0.615. The molecule has 0 aromatic rings. The molecule has 7 nitrogen and oxygen atoms in total. The van der Waals surface area contributed by atoms with Crippen molar-refractivity contribution in [2.75, 3.05) is 13.1 Å². The maximum absolute atomic E-state index is 11.9. The second-order valence-corrected chi connectivity index (χ2v) is 4.58. The molecule has 3 amide bonds. The summed E-state index contributed by atoms with van der Waals surface area (Å²) in [4.78, 5) is 34.5. The fraction of sp³-hybridized carbons (Fsp3) is 0.700. The van der Waals surface area contributed by atoms with Crippen LogP contribution < -0.4 is 17.2 Å². The molecule has 17 heavy (non-hydrogen) atoms. The van der Waals surface area contributed by atoms with Crippen LogP contribution in [0.4, 0.5) is 0 Å². The standard InChI is InChI=1S/C10H18N4O3/c11-7(15)5-14(6-8(12)16)9(17)4-10(13)2-1-3-10/h1-6,13H2,(H2,11,15)(H2,12,16). The lowest BCUT2D eigenvalue weighted by Crippen LogP contribution is -2.52. The summed E-state index contributed by atoms with van der Waals surface area (Å²) in [5.41, 5.74) is 15.4. The lowest BCUT2D eigenvalue weighted by Gasteiger charge is -2.38. The number of nitrogens with two attached hydrogens (primary N) is 3. The normalized spacial score (nSPS) is 17.0. The number of hydrogen-bond acceptors (Lipinski definition) is 4. The summed E-state index contributed by atoms with van der Waals surface area (Å²) in [7, 11) is 0. The molecule has 6 N–H and O–H groups in total. The molecule has 0 heterocycles. The Hall–Kier alpha value is -1.63. The zero-order valence-corrected chi connectivity index (χ0v) is 9.65. The van der Waals surface area contributed by atoms with Crippen molar-refractivity contribution in [3.05, 3.63) is 0 Å². The van der Waals surface area contributed by atoms with E-state index in [2.05, 4.69) is 0 Å². The first-order chi connectivity index (χ1) is 7.82. The summed E-state index contributed by atoms with van der Waals surface area (Å²) in [5.74, 6) is -1.72. The van der Waals surface area contributed by atoms with Gasteiger partial charge in [0.05, 0.1) is 13.1 Å². The lowest BCUT2D eigenvalue weighted by molar-refractivity contribution is -0.139. The smallest absolute Gasteiger partial charge is 0.237 e. The van der Waals surface area contributed by atoms with E-state index in [1.807, 2.05) is 0 Å². The molecule has 0 aromatic carbocycles. The van der Waals surface area contributed by atoms with Crippen molar-refractivity contribution in [3.8, 4) is 0 Å². The Morgan fingerprint density at radius 2 is 1.53 bits per heavy atom. The number of hydrogen-bond donors (Lipinski definition) is 3. The number of rotatable bonds is 6. The molecule has 0 saturated heterocycles. The molecule has 7 heteroatoms. The van der Waals surface area contributed by atoms with Gasteiger partial charge in [-0.2, -0.15) is 0 Å². The van der Waals surface area contributed by atoms with Gasteiger partial charge in [0.2, 0.25) is 17.7 Å².